The first kappa shape index (κ1) is 21.7. The number of hydrogen-bond acceptors (Lipinski definition) is 4. The lowest BCUT2D eigenvalue weighted by Gasteiger charge is -2.14. The minimum absolute atomic E-state index is 0. The minimum Gasteiger partial charge on any atom is -0.449 e. The summed E-state index contributed by atoms with van der Waals surface area (Å²) in [4.78, 5) is 22.9. The van der Waals surface area contributed by atoms with E-state index < -0.39 is 18.0 Å². The lowest BCUT2D eigenvalue weighted by molar-refractivity contribution is -0.119. The van der Waals surface area contributed by atoms with Gasteiger partial charge in [-0.05, 0) is 41.5 Å². The first-order valence-corrected chi connectivity index (χ1v) is 9.21. The molecule has 0 saturated carbocycles. The average Bonchev–Trinajstić information content (AvgIpc) is 3.00. The Morgan fingerprint density at radius 2 is 1.57 bits per heavy atom. The van der Waals surface area contributed by atoms with Crippen LogP contribution < -0.4 is 16.8 Å². The smallest absolute Gasteiger partial charge is 0.407 e. The number of ether oxygens (including phenoxy) is 1. The highest BCUT2D eigenvalue weighted by atomic mass is 35.5. The molecule has 1 aliphatic rings. The van der Waals surface area contributed by atoms with Crippen molar-refractivity contribution in [1.29, 1.82) is 0 Å². The maximum atomic E-state index is 12.0. The molecule has 1 aliphatic carbocycles. The van der Waals surface area contributed by atoms with Crippen molar-refractivity contribution < 1.29 is 14.3 Å². The Kier molecular flexibility index (Phi) is 7.84. The van der Waals surface area contributed by atoms with Crippen molar-refractivity contribution in [2.75, 3.05) is 13.2 Å². The molecule has 2 aromatic rings. The van der Waals surface area contributed by atoms with Crippen LogP contribution in [-0.4, -0.2) is 31.2 Å². The summed E-state index contributed by atoms with van der Waals surface area (Å²) in [6, 6.07) is 15.8. The molecule has 0 radical (unpaired) electrons. The second-order valence-electron chi connectivity index (χ2n) is 6.76. The van der Waals surface area contributed by atoms with Crippen LogP contribution in [-0.2, 0) is 9.53 Å². The van der Waals surface area contributed by atoms with Gasteiger partial charge in [0.05, 0.1) is 6.04 Å². The topological polar surface area (TPSA) is 107 Å². The van der Waals surface area contributed by atoms with Gasteiger partial charge in [0.25, 0.3) is 0 Å². The van der Waals surface area contributed by atoms with Gasteiger partial charge in [-0.25, -0.2) is 4.79 Å². The number of rotatable bonds is 8. The van der Waals surface area contributed by atoms with Crippen LogP contribution in [0.15, 0.2) is 48.5 Å². The number of carbonyl (C=O) groups is 2. The van der Waals surface area contributed by atoms with Crippen LogP contribution in [0.5, 0.6) is 0 Å². The van der Waals surface area contributed by atoms with Crippen LogP contribution in [0, 0.1) is 0 Å². The third kappa shape index (κ3) is 5.03. The van der Waals surface area contributed by atoms with E-state index in [-0.39, 0.29) is 18.3 Å². The lowest BCUT2D eigenvalue weighted by atomic mass is 9.98. The predicted octanol–water partition coefficient (Wildman–Crippen LogP) is 2.93. The standard InChI is InChI=1S/C21H25N3O3.ClH/c22-19(20(23)25)11-5-6-12-24-21(26)27-13-18-16-9-3-1-7-14(16)15-8-2-4-10-17(15)18;/h1-4,7-10,18-19H,5-6,11-13,22H2,(H2,23,25)(H,24,26);1H. The molecular formula is C21H26ClN3O3. The number of hydrogen-bond donors (Lipinski definition) is 3. The summed E-state index contributed by atoms with van der Waals surface area (Å²) >= 11 is 0. The molecule has 2 amide bonds. The van der Waals surface area contributed by atoms with Gasteiger partial charge in [-0.15, -0.1) is 12.4 Å². The fourth-order valence-electron chi connectivity index (χ4n) is 3.47. The van der Waals surface area contributed by atoms with E-state index in [0.717, 1.165) is 0 Å². The number of amides is 2. The van der Waals surface area contributed by atoms with Gasteiger partial charge in [-0.1, -0.05) is 48.5 Å². The average molecular weight is 404 g/mol. The molecule has 2 aromatic carbocycles. The molecule has 150 valence electrons. The Labute approximate surface area is 171 Å². The maximum Gasteiger partial charge on any atom is 0.407 e. The molecule has 0 saturated heterocycles. The maximum absolute atomic E-state index is 12.0. The first-order valence-electron chi connectivity index (χ1n) is 9.21. The van der Waals surface area contributed by atoms with E-state index in [2.05, 4.69) is 29.6 Å². The van der Waals surface area contributed by atoms with Crippen LogP contribution >= 0.6 is 12.4 Å². The Hall–Kier alpha value is -2.57. The van der Waals surface area contributed by atoms with E-state index in [9.17, 15) is 9.59 Å². The summed E-state index contributed by atoms with van der Waals surface area (Å²) in [6.07, 6.45) is 1.51. The van der Waals surface area contributed by atoms with Crippen molar-refractivity contribution in [3.05, 3.63) is 59.7 Å². The van der Waals surface area contributed by atoms with Crippen LogP contribution in [0.3, 0.4) is 0 Å². The summed E-state index contributed by atoms with van der Waals surface area (Å²) < 4.78 is 5.46. The number of primary amides is 1. The van der Waals surface area contributed by atoms with Gasteiger partial charge < -0.3 is 21.5 Å². The van der Waals surface area contributed by atoms with Crippen LogP contribution in [0.4, 0.5) is 4.79 Å². The monoisotopic (exact) mass is 403 g/mol. The summed E-state index contributed by atoms with van der Waals surface area (Å²) in [5, 5.41) is 2.74. The summed E-state index contributed by atoms with van der Waals surface area (Å²) in [5.74, 6) is -0.448. The highest BCUT2D eigenvalue weighted by Gasteiger charge is 2.28. The lowest BCUT2D eigenvalue weighted by Crippen LogP contribution is -2.36. The molecule has 1 atom stereocenters. The zero-order valence-corrected chi connectivity index (χ0v) is 16.4. The van der Waals surface area contributed by atoms with Crippen LogP contribution in [0.2, 0.25) is 0 Å². The highest BCUT2D eigenvalue weighted by molar-refractivity contribution is 5.85. The second-order valence-corrected chi connectivity index (χ2v) is 6.76. The van der Waals surface area contributed by atoms with E-state index in [1.54, 1.807) is 0 Å². The predicted molar refractivity (Wildman–Crippen MR) is 111 cm³/mol. The molecule has 3 rings (SSSR count). The molecule has 0 spiro atoms. The van der Waals surface area contributed by atoms with E-state index >= 15 is 0 Å². The molecule has 28 heavy (non-hydrogen) atoms. The van der Waals surface area contributed by atoms with Crippen molar-refractivity contribution in [1.82, 2.24) is 5.32 Å². The van der Waals surface area contributed by atoms with E-state index in [1.165, 1.54) is 22.3 Å². The number of fused-ring (bicyclic) bond motifs is 3. The number of carbonyl (C=O) groups excluding carboxylic acids is 2. The number of unbranched alkanes of at least 4 members (excludes halogenated alkanes) is 1. The van der Waals surface area contributed by atoms with Gasteiger partial charge in [-0.3, -0.25) is 4.79 Å². The molecule has 0 heterocycles. The van der Waals surface area contributed by atoms with Gasteiger partial charge in [0.1, 0.15) is 6.61 Å². The van der Waals surface area contributed by atoms with Crippen molar-refractivity contribution in [3.8, 4) is 11.1 Å². The summed E-state index contributed by atoms with van der Waals surface area (Å²) in [5.41, 5.74) is 15.5. The van der Waals surface area contributed by atoms with Crippen molar-refractivity contribution in [2.24, 2.45) is 11.5 Å². The fraction of sp³-hybridized carbons (Fsp3) is 0.333. The zero-order chi connectivity index (χ0) is 19.2. The number of alkyl carbamates (subject to hydrolysis) is 1. The summed E-state index contributed by atoms with van der Waals surface area (Å²) in [7, 11) is 0. The Balaban J connectivity index is 0.00000280. The molecule has 1 unspecified atom stereocenters. The Bertz CT molecular complexity index is 783. The normalized spacial score (nSPS) is 13.0. The highest BCUT2D eigenvalue weighted by Crippen LogP contribution is 2.44. The molecule has 0 aliphatic heterocycles. The SMILES string of the molecule is Cl.NC(=O)C(N)CCCCNC(=O)OCC1c2ccccc2-c2ccccc21. The molecule has 0 bridgehead atoms. The van der Waals surface area contributed by atoms with Gasteiger partial charge in [0.15, 0.2) is 0 Å². The third-order valence-electron chi connectivity index (χ3n) is 4.92. The van der Waals surface area contributed by atoms with Crippen molar-refractivity contribution >= 4 is 24.4 Å². The van der Waals surface area contributed by atoms with Crippen LogP contribution in [0.25, 0.3) is 11.1 Å². The van der Waals surface area contributed by atoms with Crippen LogP contribution in [0.1, 0.15) is 36.3 Å². The third-order valence-corrected chi connectivity index (χ3v) is 4.92. The largest absolute Gasteiger partial charge is 0.449 e. The molecular weight excluding hydrogens is 378 g/mol. The van der Waals surface area contributed by atoms with Crippen molar-refractivity contribution in [2.45, 2.75) is 31.2 Å². The molecule has 7 heteroatoms. The van der Waals surface area contributed by atoms with Gasteiger partial charge in [0, 0.05) is 12.5 Å². The molecule has 0 fully saturated rings. The number of benzene rings is 2. The minimum atomic E-state index is -0.626. The van der Waals surface area contributed by atoms with E-state index in [1.807, 2.05) is 24.3 Å². The molecule has 5 N–H and O–H groups in total. The van der Waals surface area contributed by atoms with Gasteiger partial charge in [0.2, 0.25) is 5.91 Å². The Morgan fingerprint density at radius 1 is 1.00 bits per heavy atom. The van der Waals surface area contributed by atoms with Gasteiger partial charge in [-0.2, -0.15) is 0 Å². The number of nitrogens with one attached hydrogen (secondary N) is 1. The van der Waals surface area contributed by atoms with E-state index in [0.29, 0.717) is 32.4 Å². The second kappa shape index (κ2) is 10.1. The molecule has 6 nitrogen and oxygen atoms in total. The number of nitrogens with two attached hydrogens (primary N) is 2. The summed E-state index contributed by atoms with van der Waals surface area (Å²) in [6.45, 7) is 0.772. The zero-order valence-electron chi connectivity index (χ0n) is 15.6. The van der Waals surface area contributed by atoms with E-state index in [4.69, 9.17) is 16.2 Å². The van der Waals surface area contributed by atoms with Gasteiger partial charge >= 0.3 is 6.09 Å². The quantitative estimate of drug-likeness (QED) is 0.589. The Morgan fingerprint density at radius 3 is 2.14 bits per heavy atom. The first-order chi connectivity index (χ1) is 13.1. The molecule has 0 aromatic heterocycles. The number of halogens is 1. The fourth-order valence-corrected chi connectivity index (χ4v) is 3.47. The van der Waals surface area contributed by atoms with Crippen molar-refractivity contribution in [3.63, 3.8) is 0 Å².